The van der Waals surface area contributed by atoms with Crippen LogP contribution < -0.4 is 16.2 Å². The first-order chi connectivity index (χ1) is 15.9. The number of hydrazine groups is 1. The van der Waals surface area contributed by atoms with Crippen molar-refractivity contribution in [1.82, 2.24) is 21.3 Å². The summed E-state index contributed by atoms with van der Waals surface area (Å²) in [6, 6.07) is 10.9. The number of hydrogen-bond donors (Lipinski definition) is 3. The average Bonchev–Trinajstić information content (AvgIpc) is 3.24. The van der Waals surface area contributed by atoms with E-state index >= 15 is 0 Å². The number of amides is 3. The SMILES string of the molecule is C[C@@H](O[Si](C)(C)C(C)(C)C)C(=O)NNC(=O)[C@H]1C[C@H](NC(=O)c2cc(-c3ccccc3)no2)C1. The third-order valence-electron chi connectivity index (χ3n) is 6.60. The molecule has 1 fully saturated rings. The minimum Gasteiger partial charge on any atom is -0.405 e. The fourth-order valence-electron chi connectivity index (χ4n) is 3.33. The molecule has 1 aliphatic carbocycles. The zero-order valence-electron chi connectivity index (χ0n) is 20.6. The van der Waals surface area contributed by atoms with E-state index in [1.54, 1.807) is 13.0 Å². The van der Waals surface area contributed by atoms with E-state index in [-0.39, 0.29) is 40.5 Å². The quantitative estimate of drug-likeness (QED) is 0.407. The van der Waals surface area contributed by atoms with E-state index in [9.17, 15) is 14.4 Å². The molecule has 0 spiro atoms. The van der Waals surface area contributed by atoms with Crippen LogP contribution in [0.4, 0.5) is 0 Å². The molecule has 0 aliphatic heterocycles. The Hall–Kier alpha value is -2.98. The van der Waals surface area contributed by atoms with Gasteiger partial charge in [0.1, 0.15) is 11.8 Å². The summed E-state index contributed by atoms with van der Waals surface area (Å²) in [6.07, 6.45) is 0.282. The lowest BCUT2D eigenvalue weighted by molar-refractivity contribution is -0.136. The molecule has 0 unspecified atom stereocenters. The maximum atomic E-state index is 12.4. The van der Waals surface area contributed by atoms with Crippen LogP contribution in [0.3, 0.4) is 0 Å². The summed E-state index contributed by atoms with van der Waals surface area (Å²) in [5.41, 5.74) is 6.37. The van der Waals surface area contributed by atoms with Gasteiger partial charge in [0, 0.05) is 23.6 Å². The highest BCUT2D eigenvalue weighted by molar-refractivity contribution is 6.74. The van der Waals surface area contributed by atoms with Gasteiger partial charge in [0.15, 0.2) is 8.32 Å². The number of nitrogens with one attached hydrogen (secondary N) is 3. The number of nitrogens with zero attached hydrogens (tertiary/aromatic N) is 1. The molecular formula is C24H34N4O5Si. The average molecular weight is 487 g/mol. The molecule has 0 saturated heterocycles. The van der Waals surface area contributed by atoms with Crippen LogP contribution in [0.1, 0.15) is 51.1 Å². The molecule has 10 heteroatoms. The van der Waals surface area contributed by atoms with Crippen LogP contribution in [-0.2, 0) is 14.0 Å². The number of carbonyl (C=O) groups is 3. The lowest BCUT2D eigenvalue weighted by Crippen LogP contribution is -2.55. The molecule has 9 nitrogen and oxygen atoms in total. The summed E-state index contributed by atoms with van der Waals surface area (Å²) in [6.45, 7) is 12.1. The molecule has 1 saturated carbocycles. The van der Waals surface area contributed by atoms with E-state index in [4.69, 9.17) is 8.95 Å². The van der Waals surface area contributed by atoms with Gasteiger partial charge in [-0.1, -0.05) is 56.3 Å². The maximum absolute atomic E-state index is 12.4. The fourth-order valence-corrected chi connectivity index (χ4v) is 4.68. The Balaban J connectivity index is 1.40. The zero-order valence-corrected chi connectivity index (χ0v) is 21.6. The van der Waals surface area contributed by atoms with E-state index in [1.165, 1.54) is 0 Å². The van der Waals surface area contributed by atoms with Crippen molar-refractivity contribution in [2.45, 2.75) is 70.8 Å². The standard InChI is InChI=1S/C24H34N4O5Si/c1-15(33-34(5,6)24(2,3)4)21(29)26-27-22(30)17-12-18(13-17)25-23(31)20-14-19(28-32-20)16-10-8-7-9-11-16/h7-11,14-15,17-18H,12-13H2,1-6H3,(H,25,31)(H,26,29)(H,27,30)/t15-,17-,18-/m1/s1. The topological polar surface area (TPSA) is 123 Å². The minimum atomic E-state index is -2.10. The Morgan fingerprint density at radius 2 is 1.76 bits per heavy atom. The Labute approximate surface area is 201 Å². The van der Waals surface area contributed by atoms with Crippen LogP contribution in [0.25, 0.3) is 11.3 Å². The van der Waals surface area contributed by atoms with Crippen LogP contribution >= 0.6 is 0 Å². The zero-order chi connectivity index (χ0) is 25.1. The van der Waals surface area contributed by atoms with Crippen molar-refractivity contribution < 1.29 is 23.3 Å². The Morgan fingerprint density at radius 3 is 2.38 bits per heavy atom. The van der Waals surface area contributed by atoms with E-state index < -0.39 is 14.4 Å². The second kappa shape index (κ2) is 10.1. The third kappa shape index (κ3) is 6.12. The second-order valence-corrected chi connectivity index (χ2v) is 15.0. The number of rotatable bonds is 7. The first-order valence-electron chi connectivity index (χ1n) is 11.5. The van der Waals surface area contributed by atoms with Gasteiger partial charge in [-0.3, -0.25) is 25.2 Å². The van der Waals surface area contributed by atoms with Crippen molar-refractivity contribution in [2.75, 3.05) is 0 Å². The lowest BCUT2D eigenvalue weighted by atomic mass is 9.79. The number of aromatic nitrogens is 1. The highest BCUT2D eigenvalue weighted by atomic mass is 28.4. The summed E-state index contributed by atoms with van der Waals surface area (Å²) in [5, 5.41) is 6.77. The van der Waals surface area contributed by atoms with Gasteiger partial charge in [-0.15, -0.1) is 0 Å². The summed E-state index contributed by atoms with van der Waals surface area (Å²) in [5.74, 6) is -1.22. The largest absolute Gasteiger partial charge is 0.405 e. The Bertz CT molecular complexity index is 1030. The molecule has 2 aromatic rings. The van der Waals surface area contributed by atoms with Crippen molar-refractivity contribution in [3.05, 3.63) is 42.2 Å². The van der Waals surface area contributed by atoms with Gasteiger partial charge in [-0.25, -0.2) is 0 Å². The number of hydrogen-bond acceptors (Lipinski definition) is 6. The summed E-state index contributed by atoms with van der Waals surface area (Å²) >= 11 is 0. The molecule has 1 aliphatic rings. The van der Waals surface area contributed by atoms with E-state index in [0.717, 1.165) is 5.56 Å². The van der Waals surface area contributed by atoms with Gasteiger partial charge < -0.3 is 14.3 Å². The van der Waals surface area contributed by atoms with Gasteiger partial charge in [0.2, 0.25) is 11.7 Å². The Morgan fingerprint density at radius 1 is 1.12 bits per heavy atom. The maximum Gasteiger partial charge on any atom is 0.290 e. The fraction of sp³-hybridized carbons (Fsp3) is 0.500. The monoisotopic (exact) mass is 486 g/mol. The van der Waals surface area contributed by atoms with Gasteiger partial charge in [0.25, 0.3) is 11.8 Å². The smallest absolute Gasteiger partial charge is 0.290 e. The summed E-state index contributed by atoms with van der Waals surface area (Å²) in [7, 11) is -2.10. The highest BCUT2D eigenvalue weighted by Crippen LogP contribution is 2.37. The third-order valence-corrected chi connectivity index (χ3v) is 11.2. The lowest BCUT2D eigenvalue weighted by Gasteiger charge is -2.38. The first-order valence-corrected chi connectivity index (χ1v) is 14.4. The van der Waals surface area contributed by atoms with E-state index in [2.05, 4.69) is 55.2 Å². The van der Waals surface area contributed by atoms with Gasteiger partial charge in [-0.05, 0) is 37.9 Å². The molecule has 3 N–H and O–H groups in total. The van der Waals surface area contributed by atoms with E-state index in [0.29, 0.717) is 18.5 Å². The van der Waals surface area contributed by atoms with Crippen LogP contribution in [0, 0.1) is 5.92 Å². The molecule has 3 rings (SSSR count). The predicted octanol–water partition coefficient (Wildman–Crippen LogP) is 3.41. The molecule has 1 atom stereocenters. The van der Waals surface area contributed by atoms with Gasteiger partial charge in [-0.2, -0.15) is 0 Å². The van der Waals surface area contributed by atoms with Crippen molar-refractivity contribution in [3.63, 3.8) is 0 Å². The van der Waals surface area contributed by atoms with Crippen LogP contribution in [0.5, 0.6) is 0 Å². The van der Waals surface area contributed by atoms with Crippen LogP contribution in [0.2, 0.25) is 18.1 Å². The van der Waals surface area contributed by atoms with Crippen molar-refractivity contribution in [1.29, 1.82) is 0 Å². The van der Waals surface area contributed by atoms with Gasteiger partial charge >= 0.3 is 0 Å². The predicted molar refractivity (Wildman–Crippen MR) is 130 cm³/mol. The molecule has 0 radical (unpaired) electrons. The molecule has 34 heavy (non-hydrogen) atoms. The second-order valence-electron chi connectivity index (χ2n) is 10.3. The van der Waals surface area contributed by atoms with E-state index in [1.807, 2.05) is 30.3 Å². The number of benzene rings is 1. The minimum absolute atomic E-state index is 0.0228. The van der Waals surface area contributed by atoms with Crippen molar-refractivity contribution in [2.24, 2.45) is 5.92 Å². The normalized spacial score (nSPS) is 19.0. The molecule has 1 aromatic carbocycles. The summed E-state index contributed by atoms with van der Waals surface area (Å²) in [4.78, 5) is 37.1. The van der Waals surface area contributed by atoms with Crippen LogP contribution in [0.15, 0.2) is 40.9 Å². The molecule has 1 heterocycles. The van der Waals surface area contributed by atoms with Gasteiger partial charge in [0.05, 0.1) is 0 Å². The van der Waals surface area contributed by atoms with Crippen LogP contribution in [-0.4, -0.2) is 43.3 Å². The van der Waals surface area contributed by atoms with Crippen molar-refractivity contribution in [3.8, 4) is 11.3 Å². The molecule has 0 bridgehead atoms. The first kappa shape index (κ1) is 25.6. The molecular weight excluding hydrogens is 452 g/mol. The number of carbonyl (C=O) groups excluding carboxylic acids is 3. The molecule has 3 amide bonds. The highest BCUT2D eigenvalue weighted by Gasteiger charge is 2.40. The molecule has 1 aromatic heterocycles. The summed E-state index contributed by atoms with van der Waals surface area (Å²) < 4.78 is 11.2. The molecule has 184 valence electrons. The Kier molecular flexibility index (Phi) is 7.62. The van der Waals surface area contributed by atoms with Crippen molar-refractivity contribution >= 4 is 26.0 Å².